The number of benzene rings is 2. The maximum absolute atomic E-state index is 12.9. The molecule has 2 nitrogen and oxygen atoms in total. The summed E-state index contributed by atoms with van der Waals surface area (Å²) in [5.41, 5.74) is 7.90. The van der Waals surface area contributed by atoms with Gasteiger partial charge in [0.15, 0.2) is 5.78 Å². The average molecular weight is 422 g/mol. The summed E-state index contributed by atoms with van der Waals surface area (Å²) in [4.78, 5) is 12.9. The minimum Gasteiger partial charge on any atom is -0.313 e. The topological polar surface area (TPSA) is 22.0 Å². The van der Waals surface area contributed by atoms with Crippen molar-refractivity contribution in [2.24, 2.45) is 5.41 Å². The number of carbonyl (C=O) groups is 1. The van der Waals surface area contributed by atoms with E-state index < -0.39 is 0 Å². The number of carbonyl (C=O) groups excluding carboxylic acids is 1. The van der Waals surface area contributed by atoms with Crippen LogP contribution < -0.4 is 0 Å². The fourth-order valence-electron chi connectivity index (χ4n) is 4.10. The zero-order valence-corrected chi connectivity index (χ0v) is 17.9. The number of fused-ring (bicyclic) bond motifs is 1. The fourth-order valence-corrected chi connectivity index (χ4v) is 4.36. The Morgan fingerprint density at radius 3 is 2.41 bits per heavy atom. The second kappa shape index (κ2) is 6.49. The Bertz CT molecular complexity index is 1040. The minimum atomic E-state index is -0.0189. The van der Waals surface area contributed by atoms with E-state index in [4.69, 9.17) is 0 Å². The first-order valence-corrected chi connectivity index (χ1v) is 10.2. The van der Waals surface area contributed by atoms with Crippen molar-refractivity contribution in [3.63, 3.8) is 0 Å². The van der Waals surface area contributed by atoms with Gasteiger partial charge in [-0.25, -0.2) is 0 Å². The summed E-state index contributed by atoms with van der Waals surface area (Å²) in [6.07, 6.45) is 1.51. The smallest absolute Gasteiger partial charge is 0.165 e. The van der Waals surface area contributed by atoms with Gasteiger partial charge in [-0.05, 0) is 66.6 Å². The van der Waals surface area contributed by atoms with Crippen molar-refractivity contribution in [2.75, 3.05) is 0 Å². The predicted octanol–water partition coefficient (Wildman–Crippen LogP) is 6.68. The molecule has 4 rings (SSSR count). The molecule has 0 atom stereocenters. The molecule has 0 spiro atoms. The highest BCUT2D eigenvalue weighted by Gasteiger charge is 2.35. The van der Waals surface area contributed by atoms with Gasteiger partial charge >= 0.3 is 0 Å². The summed E-state index contributed by atoms with van der Waals surface area (Å²) >= 11 is 3.52. The van der Waals surface area contributed by atoms with Crippen LogP contribution in [0.5, 0.6) is 0 Å². The van der Waals surface area contributed by atoms with E-state index in [0.717, 1.165) is 33.4 Å². The van der Waals surface area contributed by atoms with Gasteiger partial charge < -0.3 is 4.57 Å². The third-order valence-electron chi connectivity index (χ3n) is 5.65. The van der Waals surface area contributed by atoms with E-state index >= 15 is 0 Å². The van der Waals surface area contributed by atoms with E-state index in [1.807, 2.05) is 0 Å². The Balaban J connectivity index is 2.04. The Kier molecular flexibility index (Phi) is 4.38. The molecule has 0 saturated heterocycles. The Hall–Kier alpha value is -2.13. The van der Waals surface area contributed by atoms with Crippen LogP contribution in [0.25, 0.3) is 16.9 Å². The van der Waals surface area contributed by atoms with Gasteiger partial charge in [0.2, 0.25) is 0 Å². The van der Waals surface area contributed by atoms with E-state index in [0.29, 0.717) is 6.42 Å². The number of aryl methyl sites for hydroxylation is 1. The van der Waals surface area contributed by atoms with E-state index in [-0.39, 0.29) is 11.2 Å². The van der Waals surface area contributed by atoms with Crippen molar-refractivity contribution in [1.82, 2.24) is 4.57 Å². The standard InChI is InChI=1S/C24H24BrNO/c1-15-6-5-7-20(16(15)2)26-21(17-8-10-18(25)11-9-17)12-19-22(26)13-24(3,4)14-23(19)27/h5-12H,13-14H2,1-4H3. The molecule has 0 bridgehead atoms. The average Bonchev–Trinajstić information content (AvgIpc) is 2.96. The van der Waals surface area contributed by atoms with E-state index in [1.165, 1.54) is 16.8 Å². The summed E-state index contributed by atoms with van der Waals surface area (Å²) in [6, 6.07) is 16.8. The van der Waals surface area contributed by atoms with Crippen LogP contribution in [0, 0.1) is 19.3 Å². The zero-order valence-electron chi connectivity index (χ0n) is 16.3. The van der Waals surface area contributed by atoms with Crippen molar-refractivity contribution in [1.29, 1.82) is 0 Å². The molecule has 0 N–H and O–H groups in total. The number of nitrogens with zero attached hydrogens (tertiary/aromatic N) is 1. The Labute approximate surface area is 169 Å². The number of ketones is 1. The molecule has 1 aliphatic rings. The van der Waals surface area contributed by atoms with Gasteiger partial charge in [0, 0.05) is 27.8 Å². The molecule has 0 unspecified atom stereocenters. The molecule has 0 radical (unpaired) electrons. The number of Topliss-reactive ketones (excluding diaryl/α,β-unsaturated/α-hetero) is 1. The summed E-state index contributed by atoms with van der Waals surface area (Å²) in [6.45, 7) is 8.68. The lowest BCUT2D eigenvalue weighted by Gasteiger charge is -2.30. The van der Waals surface area contributed by atoms with Crippen LogP contribution in [0.3, 0.4) is 0 Å². The van der Waals surface area contributed by atoms with Crippen molar-refractivity contribution in [3.8, 4) is 16.9 Å². The summed E-state index contributed by atoms with van der Waals surface area (Å²) in [5.74, 6) is 0.253. The number of hydrogen-bond acceptors (Lipinski definition) is 1. The molecule has 0 fully saturated rings. The fraction of sp³-hybridized carbons (Fsp3) is 0.292. The Morgan fingerprint density at radius 2 is 1.70 bits per heavy atom. The van der Waals surface area contributed by atoms with Gasteiger partial charge in [-0.1, -0.05) is 54.0 Å². The second-order valence-corrected chi connectivity index (χ2v) is 9.31. The molecule has 1 heterocycles. The van der Waals surface area contributed by atoms with Gasteiger partial charge in [-0.15, -0.1) is 0 Å². The van der Waals surface area contributed by atoms with Gasteiger partial charge in [0.1, 0.15) is 0 Å². The van der Waals surface area contributed by atoms with Gasteiger partial charge in [0.05, 0.1) is 5.69 Å². The zero-order chi connectivity index (χ0) is 19.3. The van der Waals surface area contributed by atoms with Crippen LogP contribution in [0.4, 0.5) is 0 Å². The highest BCUT2D eigenvalue weighted by molar-refractivity contribution is 9.10. The molecule has 3 heteroatoms. The minimum absolute atomic E-state index is 0.0189. The molecule has 0 amide bonds. The Morgan fingerprint density at radius 1 is 1.00 bits per heavy atom. The molecule has 3 aromatic rings. The molecular formula is C24H24BrNO. The van der Waals surface area contributed by atoms with Crippen LogP contribution in [0.2, 0.25) is 0 Å². The van der Waals surface area contributed by atoms with Gasteiger partial charge in [-0.2, -0.15) is 0 Å². The van der Waals surface area contributed by atoms with E-state index in [9.17, 15) is 4.79 Å². The molecule has 27 heavy (non-hydrogen) atoms. The van der Waals surface area contributed by atoms with Crippen LogP contribution in [-0.2, 0) is 6.42 Å². The lowest BCUT2D eigenvalue weighted by molar-refractivity contribution is 0.0911. The molecule has 2 aromatic carbocycles. The molecule has 138 valence electrons. The highest BCUT2D eigenvalue weighted by Crippen LogP contribution is 2.41. The highest BCUT2D eigenvalue weighted by atomic mass is 79.9. The lowest BCUT2D eigenvalue weighted by Crippen LogP contribution is -2.28. The largest absolute Gasteiger partial charge is 0.313 e. The summed E-state index contributed by atoms with van der Waals surface area (Å²) in [7, 11) is 0. The van der Waals surface area contributed by atoms with Crippen molar-refractivity contribution in [2.45, 2.75) is 40.5 Å². The molecule has 0 saturated carbocycles. The van der Waals surface area contributed by atoms with Crippen LogP contribution in [0.15, 0.2) is 53.0 Å². The number of hydrogen-bond donors (Lipinski definition) is 0. The van der Waals surface area contributed by atoms with E-state index in [2.05, 4.69) is 96.7 Å². The molecule has 0 aliphatic heterocycles. The first kappa shape index (κ1) is 18.2. The third kappa shape index (κ3) is 3.19. The normalized spacial score (nSPS) is 15.7. The summed E-state index contributed by atoms with van der Waals surface area (Å²) < 4.78 is 3.37. The molecular weight excluding hydrogens is 398 g/mol. The quantitative estimate of drug-likeness (QED) is 0.452. The SMILES string of the molecule is Cc1cccc(-n2c(-c3ccc(Br)cc3)cc3c2CC(C)(C)CC3=O)c1C. The second-order valence-electron chi connectivity index (χ2n) is 8.39. The first-order valence-electron chi connectivity index (χ1n) is 9.37. The number of aromatic nitrogens is 1. The molecule has 1 aromatic heterocycles. The van der Waals surface area contributed by atoms with Crippen molar-refractivity contribution in [3.05, 3.63) is 75.4 Å². The number of rotatable bonds is 2. The monoisotopic (exact) mass is 421 g/mol. The van der Waals surface area contributed by atoms with Crippen LogP contribution in [0.1, 0.15) is 47.4 Å². The van der Waals surface area contributed by atoms with Crippen molar-refractivity contribution >= 4 is 21.7 Å². The van der Waals surface area contributed by atoms with E-state index in [1.54, 1.807) is 0 Å². The van der Waals surface area contributed by atoms with Crippen LogP contribution in [-0.4, -0.2) is 10.4 Å². The van der Waals surface area contributed by atoms with Gasteiger partial charge in [-0.3, -0.25) is 4.79 Å². The first-order chi connectivity index (χ1) is 12.8. The summed E-state index contributed by atoms with van der Waals surface area (Å²) in [5, 5.41) is 0. The third-order valence-corrected chi connectivity index (χ3v) is 6.17. The number of halogens is 1. The van der Waals surface area contributed by atoms with Gasteiger partial charge in [0.25, 0.3) is 0 Å². The predicted molar refractivity (Wildman–Crippen MR) is 115 cm³/mol. The molecule has 1 aliphatic carbocycles. The van der Waals surface area contributed by atoms with Crippen molar-refractivity contribution < 1.29 is 4.79 Å². The van der Waals surface area contributed by atoms with Crippen LogP contribution >= 0.6 is 15.9 Å². The lowest BCUT2D eigenvalue weighted by atomic mass is 9.76. The maximum atomic E-state index is 12.9. The maximum Gasteiger partial charge on any atom is 0.165 e.